The normalized spacial score (nSPS) is 23.9. The molecular weight excluding hydrogens is 552 g/mol. The van der Waals surface area contributed by atoms with Crippen LogP contribution in [0.3, 0.4) is 0 Å². The van der Waals surface area contributed by atoms with E-state index in [0.29, 0.717) is 25.4 Å². The quantitative estimate of drug-likeness (QED) is 0.416. The van der Waals surface area contributed by atoms with Gasteiger partial charge in [0.2, 0.25) is 11.9 Å². The molecule has 10 nitrogen and oxygen atoms in total. The Bertz CT molecular complexity index is 1510. The van der Waals surface area contributed by atoms with E-state index in [2.05, 4.69) is 44.0 Å². The van der Waals surface area contributed by atoms with Crippen LogP contribution >= 0.6 is 0 Å². The van der Waals surface area contributed by atoms with Crippen LogP contribution in [-0.4, -0.2) is 90.2 Å². The van der Waals surface area contributed by atoms with Gasteiger partial charge in [0.05, 0.1) is 16.9 Å². The number of fused-ring (bicyclic) bond motifs is 1. The molecule has 0 spiro atoms. The SMILES string of the molecule is CCO[C@@H]1CCN(C(=O)C2CCC(Nc3nccc(-n4ccc5c(N6CCC(S(C)(=O)=O)CC6)cccc54)n3)CC2)C1. The molecule has 1 amide bonds. The molecule has 2 aliphatic heterocycles. The molecule has 2 saturated heterocycles. The third-order valence-corrected chi connectivity index (χ3v) is 10.9. The van der Waals surface area contributed by atoms with Crippen LogP contribution in [0.25, 0.3) is 16.7 Å². The Morgan fingerprint density at radius 3 is 2.55 bits per heavy atom. The van der Waals surface area contributed by atoms with Crippen LogP contribution in [0.15, 0.2) is 42.7 Å². The maximum Gasteiger partial charge on any atom is 0.225 e. The van der Waals surface area contributed by atoms with Gasteiger partial charge in [0, 0.05) is 74.5 Å². The van der Waals surface area contributed by atoms with Gasteiger partial charge in [-0.2, -0.15) is 4.98 Å². The lowest BCUT2D eigenvalue weighted by molar-refractivity contribution is -0.136. The van der Waals surface area contributed by atoms with Crippen molar-refractivity contribution in [2.75, 3.05) is 49.3 Å². The van der Waals surface area contributed by atoms with Crippen molar-refractivity contribution in [3.63, 3.8) is 0 Å². The van der Waals surface area contributed by atoms with Gasteiger partial charge in [-0.05, 0) is 76.1 Å². The van der Waals surface area contributed by atoms with Crippen LogP contribution in [0.4, 0.5) is 11.6 Å². The molecule has 4 heterocycles. The summed E-state index contributed by atoms with van der Waals surface area (Å²) < 4.78 is 31.8. The summed E-state index contributed by atoms with van der Waals surface area (Å²) in [5.41, 5.74) is 2.18. The van der Waals surface area contributed by atoms with Gasteiger partial charge in [-0.15, -0.1) is 0 Å². The van der Waals surface area contributed by atoms with Gasteiger partial charge in [-0.25, -0.2) is 13.4 Å². The van der Waals surface area contributed by atoms with E-state index in [4.69, 9.17) is 9.72 Å². The highest BCUT2D eigenvalue weighted by atomic mass is 32.2. The molecule has 3 fully saturated rings. The number of carbonyl (C=O) groups is 1. The van der Waals surface area contributed by atoms with Crippen molar-refractivity contribution in [1.29, 1.82) is 0 Å². The van der Waals surface area contributed by atoms with E-state index in [1.54, 1.807) is 6.20 Å². The fourth-order valence-corrected chi connectivity index (χ4v) is 8.00. The van der Waals surface area contributed by atoms with Gasteiger partial charge >= 0.3 is 0 Å². The third-order valence-electron chi connectivity index (χ3n) is 9.25. The highest BCUT2D eigenvalue weighted by Crippen LogP contribution is 2.33. The van der Waals surface area contributed by atoms with Crippen LogP contribution in [0.5, 0.6) is 0 Å². The summed E-state index contributed by atoms with van der Waals surface area (Å²) in [6.07, 6.45) is 11.2. The first-order valence-corrected chi connectivity index (χ1v) is 17.3. The number of nitrogens with one attached hydrogen (secondary N) is 1. The van der Waals surface area contributed by atoms with Crippen LogP contribution in [0.1, 0.15) is 51.9 Å². The minimum atomic E-state index is -3.01. The number of rotatable bonds is 8. The van der Waals surface area contributed by atoms with E-state index >= 15 is 0 Å². The summed E-state index contributed by atoms with van der Waals surface area (Å²) in [5, 5.41) is 4.40. The lowest BCUT2D eigenvalue weighted by Crippen LogP contribution is -2.39. The first-order chi connectivity index (χ1) is 20.3. The monoisotopic (exact) mass is 594 g/mol. The minimum Gasteiger partial charge on any atom is -0.377 e. The van der Waals surface area contributed by atoms with Crippen molar-refractivity contribution >= 4 is 38.3 Å². The molecular formula is C31H42N6O4S. The molecule has 0 radical (unpaired) electrons. The number of nitrogens with zero attached hydrogens (tertiary/aromatic N) is 5. The molecule has 3 aliphatic rings. The number of ether oxygens (including phenoxy) is 1. The maximum absolute atomic E-state index is 13.1. The van der Waals surface area contributed by atoms with Crippen molar-refractivity contribution in [1.82, 2.24) is 19.4 Å². The fourth-order valence-electron chi connectivity index (χ4n) is 6.93. The summed E-state index contributed by atoms with van der Waals surface area (Å²) >= 11 is 0. The zero-order chi connectivity index (χ0) is 29.3. The molecule has 1 N–H and O–H groups in total. The fraction of sp³-hybridized carbons (Fsp3) is 0.581. The molecule has 0 bridgehead atoms. The van der Waals surface area contributed by atoms with Gasteiger partial charge in [-0.3, -0.25) is 4.79 Å². The lowest BCUT2D eigenvalue weighted by Gasteiger charge is -2.33. The summed E-state index contributed by atoms with van der Waals surface area (Å²) in [6, 6.07) is 10.5. The minimum absolute atomic E-state index is 0.0910. The second kappa shape index (κ2) is 12.2. The standard InChI is InChI=1S/C31H42N6O4S/c1-3-41-24-12-17-36(21-24)30(38)22-7-9-23(10-8-22)33-31-32-16-11-29(34-31)37-20-15-26-27(5-4-6-28(26)37)35-18-13-25(14-19-35)42(2,39)40/h4-6,11,15-16,20,22-25H,3,7-10,12-14,17-19,21H2,1-2H3,(H,32,33,34)/t22?,23?,24-/m1/s1. The summed E-state index contributed by atoms with van der Waals surface area (Å²) in [6.45, 7) is 5.68. The number of piperidine rings is 1. The highest BCUT2D eigenvalue weighted by Gasteiger charge is 2.34. The smallest absolute Gasteiger partial charge is 0.225 e. The lowest BCUT2D eigenvalue weighted by atomic mass is 9.85. The van der Waals surface area contributed by atoms with Crippen molar-refractivity contribution < 1.29 is 17.9 Å². The van der Waals surface area contributed by atoms with E-state index in [0.717, 1.165) is 80.7 Å². The average molecular weight is 595 g/mol. The molecule has 1 aliphatic carbocycles. The van der Waals surface area contributed by atoms with Gasteiger partial charge in [0.25, 0.3) is 0 Å². The van der Waals surface area contributed by atoms with Crippen molar-refractivity contribution in [2.24, 2.45) is 5.92 Å². The Balaban J connectivity index is 1.09. The van der Waals surface area contributed by atoms with Crippen LogP contribution < -0.4 is 10.2 Å². The number of amides is 1. The zero-order valence-corrected chi connectivity index (χ0v) is 25.4. The maximum atomic E-state index is 13.1. The number of sulfone groups is 1. The van der Waals surface area contributed by atoms with Gasteiger partial charge in [0.15, 0.2) is 0 Å². The Kier molecular flexibility index (Phi) is 8.40. The van der Waals surface area contributed by atoms with Crippen molar-refractivity contribution in [3.05, 3.63) is 42.7 Å². The van der Waals surface area contributed by atoms with Gasteiger partial charge < -0.3 is 24.4 Å². The molecule has 2 aromatic heterocycles. The Labute approximate surface area is 248 Å². The van der Waals surface area contributed by atoms with E-state index in [9.17, 15) is 13.2 Å². The molecule has 11 heteroatoms. The molecule has 1 saturated carbocycles. The van der Waals surface area contributed by atoms with E-state index in [1.807, 2.05) is 24.1 Å². The van der Waals surface area contributed by atoms with E-state index < -0.39 is 9.84 Å². The second-order valence-electron chi connectivity index (χ2n) is 12.0. The molecule has 1 aromatic carbocycles. The van der Waals surface area contributed by atoms with E-state index in [1.165, 1.54) is 6.26 Å². The van der Waals surface area contributed by atoms with Crippen LogP contribution in [0, 0.1) is 5.92 Å². The summed E-state index contributed by atoms with van der Waals surface area (Å²) in [5.74, 6) is 1.76. The molecule has 1 atom stereocenters. The van der Waals surface area contributed by atoms with E-state index in [-0.39, 0.29) is 29.2 Å². The number of hydrogen-bond donors (Lipinski definition) is 1. The predicted molar refractivity (Wildman–Crippen MR) is 165 cm³/mol. The van der Waals surface area contributed by atoms with Crippen molar-refractivity contribution in [2.45, 2.75) is 69.3 Å². The third kappa shape index (κ3) is 6.13. The average Bonchev–Trinajstić information content (AvgIpc) is 3.65. The number of benzene rings is 1. The topological polar surface area (TPSA) is 110 Å². The zero-order valence-electron chi connectivity index (χ0n) is 24.6. The number of anilines is 2. The number of carbonyl (C=O) groups excluding carboxylic acids is 1. The highest BCUT2D eigenvalue weighted by molar-refractivity contribution is 7.91. The Morgan fingerprint density at radius 1 is 1.02 bits per heavy atom. The molecule has 0 unspecified atom stereocenters. The molecule has 226 valence electrons. The Morgan fingerprint density at radius 2 is 1.81 bits per heavy atom. The molecule has 6 rings (SSSR count). The molecule has 42 heavy (non-hydrogen) atoms. The van der Waals surface area contributed by atoms with Crippen molar-refractivity contribution in [3.8, 4) is 5.82 Å². The largest absolute Gasteiger partial charge is 0.377 e. The molecule has 3 aromatic rings. The van der Waals surface area contributed by atoms with Crippen LogP contribution in [0.2, 0.25) is 0 Å². The van der Waals surface area contributed by atoms with Gasteiger partial charge in [-0.1, -0.05) is 6.07 Å². The number of aromatic nitrogens is 3. The number of likely N-dealkylation sites (tertiary alicyclic amines) is 1. The van der Waals surface area contributed by atoms with Gasteiger partial charge in [0.1, 0.15) is 15.7 Å². The Hall–Kier alpha value is -3.18. The van der Waals surface area contributed by atoms with Crippen LogP contribution in [-0.2, 0) is 19.4 Å². The second-order valence-corrected chi connectivity index (χ2v) is 14.3. The summed E-state index contributed by atoms with van der Waals surface area (Å²) in [4.78, 5) is 26.7. The number of hydrogen-bond acceptors (Lipinski definition) is 8. The predicted octanol–water partition coefficient (Wildman–Crippen LogP) is 4.04. The summed E-state index contributed by atoms with van der Waals surface area (Å²) in [7, 11) is -3.01. The first kappa shape index (κ1) is 28.9. The first-order valence-electron chi connectivity index (χ1n) is 15.3.